The first kappa shape index (κ1) is 15.8. The first-order chi connectivity index (χ1) is 12.3. The Morgan fingerprint density at radius 1 is 0.920 bits per heavy atom. The van der Waals surface area contributed by atoms with Crippen LogP contribution >= 0.6 is 11.3 Å². The van der Waals surface area contributed by atoms with Gasteiger partial charge in [-0.15, -0.1) is 11.3 Å². The molecule has 1 aliphatic rings. The van der Waals surface area contributed by atoms with Crippen LogP contribution in [-0.4, -0.2) is 28.6 Å². The minimum atomic E-state index is -0.130. The third kappa shape index (κ3) is 3.42. The number of benzene rings is 2. The summed E-state index contributed by atoms with van der Waals surface area (Å²) in [6, 6.07) is 18.5. The smallest absolute Gasteiger partial charge is 0.323 e. The number of carbonyl (C=O) groups excluding carboxylic acids is 1. The molecular formula is C20H19N3OS. The topological polar surface area (TPSA) is 37.6 Å². The van der Waals surface area contributed by atoms with Gasteiger partial charge in [-0.25, -0.2) is 4.79 Å². The van der Waals surface area contributed by atoms with Crippen LogP contribution < -0.4 is 4.80 Å². The average Bonchev–Trinajstić information content (AvgIpc) is 3.35. The van der Waals surface area contributed by atoms with Crippen molar-refractivity contribution < 1.29 is 4.79 Å². The van der Waals surface area contributed by atoms with Crippen LogP contribution in [0.4, 0.5) is 4.79 Å². The molecule has 2 aromatic carbocycles. The molecule has 4 rings (SSSR count). The van der Waals surface area contributed by atoms with E-state index in [0.717, 1.165) is 31.6 Å². The fraction of sp³-hybridized carbons (Fsp3) is 0.200. The molecule has 1 aliphatic heterocycles. The van der Waals surface area contributed by atoms with Gasteiger partial charge in [0.2, 0.25) is 0 Å². The molecule has 25 heavy (non-hydrogen) atoms. The summed E-state index contributed by atoms with van der Waals surface area (Å²) in [5.41, 5.74) is 3.37. The normalized spacial score (nSPS) is 14.9. The van der Waals surface area contributed by atoms with Gasteiger partial charge in [-0.05, 0) is 36.1 Å². The summed E-state index contributed by atoms with van der Waals surface area (Å²) in [6.45, 7) is 1.64. The van der Waals surface area contributed by atoms with Crippen molar-refractivity contribution in [2.45, 2.75) is 12.8 Å². The molecule has 0 radical (unpaired) electrons. The maximum Gasteiger partial charge on any atom is 0.346 e. The summed E-state index contributed by atoms with van der Waals surface area (Å²) in [5, 5.41) is 1.96. The third-order valence-electron chi connectivity index (χ3n) is 4.41. The van der Waals surface area contributed by atoms with Gasteiger partial charge in [-0.1, -0.05) is 42.5 Å². The Morgan fingerprint density at radius 3 is 2.32 bits per heavy atom. The maximum atomic E-state index is 12.3. The lowest BCUT2D eigenvalue weighted by Crippen LogP contribution is -2.27. The standard InChI is InChI=1S/C20H19N3OS/c24-19(22-12-4-5-13-22)21-20-23(14-15-25-20)18-10-8-17(9-11-18)16-6-2-1-3-7-16/h1-3,6-11,14-15H,4-5,12-13H2/b21-20-. The van der Waals surface area contributed by atoms with E-state index in [2.05, 4.69) is 41.4 Å². The summed E-state index contributed by atoms with van der Waals surface area (Å²) in [5.74, 6) is 0. The number of amides is 2. The van der Waals surface area contributed by atoms with Crippen LogP contribution in [0, 0.1) is 0 Å². The predicted molar refractivity (Wildman–Crippen MR) is 101 cm³/mol. The Bertz CT molecular complexity index is 919. The number of urea groups is 1. The number of hydrogen-bond acceptors (Lipinski definition) is 2. The minimum Gasteiger partial charge on any atom is -0.323 e. The van der Waals surface area contributed by atoms with E-state index in [1.165, 1.54) is 22.5 Å². The minimum absolute atomic E-state index is 0.130. The Morgan fingerprint density at radius 2 is 1.60 bits per heavy atom. The summed E-state index contributed by atoms with van der Waals surface area (Å²) >= 11 is 1.48. The van der Waals surface area contributed by atoms with Gasteiger partial charge in [0.25, 0.3) is 0 Å². The van der Waals surface area contributed by atoms with Gasteiger partial charge in [0.15, 0.2) is 4.80 Å². The SMILES string of the molecule is O=C(/N=c1\sccn1-c1ccc(-c2ccccc2)cc1)N1CCCC1. The summed E-state index contributed by atoms with van der Waals surface area (Å²) in [4.78, 5) is 19.1. The van der Waals surface area contributed by atoms with E-state index >= 15 is 0 Å². The van der Waals surface area contributed by atoms with Crippen molar-refractivity contribution >= 4 is 17.4 Å². The molecule has 2 amide bonds. The number of thiazole rings is 1. The van der Waals surface area contributed by atoms with Crippen LogP contribution in [0.1, 0.15) is 12.8 Å². The number of likely N-dealkylation sites (tertiary alicyclic amines) is 1. The molecule has 1 fully saturated rings. The fourth-order valence-corrected chi connectivity index (χ4v) is 3.77. The van der Waals surface area contributed by atoms with Crippen molar-refractivity contribution in [3.63, 3.8) is 0 Å². The molecule has 5 heteroatoms. The molecule has 0 saturated carbocycles. The van der Waals surface area contributed by atoms with Crippen LogP contribution in [0.3, 0.4) is 0 Å². The summed E-state index contributed by atoms with van der Waals surface area (Å²) < 4.78 is 1.97. The lowest BCUT2D eigenvalue weighted by molar-refractivity contribution is 0.218. The van der Waals surface area contributed by atoms with Crippen molar-refractivity contribution in [1.29, 1.82) is 0 Å². The van der Waals surface area contributed by atoms with Gasteiger partial charge in [-0.3, -0.25) is 4.57 Å². The number of aromatic nitrogens is 1. The molecule has 126 valence electrons. The van der Waals surface area contributed by atoms with E-state index in [-0.39, 0.29) is 6.03 Å². The zero-order valence-corrected chi connectivity index (χ0v) is 14.7. The van der Waals surface area contributed by atoms with Gasteiger partial charge >= 0.3 is 6.03 Å². The molecule has 4 nitrogen and oxygen atoms in total. The molecule has 1 aromatic heterocycles. The average molecular weight is 349 g/mol. The van der Waals surface area contributed by atoms with E-state index in [9.17, 15) is 4.79 Å². The zero-order valence-electron chi connectivity index (χ0n) is 13.8. The zero-order chi connectivity index (χ0) is 17.1. The maximum absolute atomic E-state index is 12.3. The molecule has 0 spiro atoms. The summed E-state index contributed by atoms with van der Waals surface area (Å²) in [7, 11) is 0. The van der Waals surface area contributed by atoms with Gasteiger partial charge in [-0.2, -0.15) is 4.99 Å². The highest BCUT2D eigenvalue weighted by Crippen LogP contribution is 2.20. The molecule has 0 unspecified atom stereocenters. The fourth-order valence-electron chi connectivity index (χ4n) is 3.06. The molecular weight excluding hydrogens is 330 g/mol. The molecule has 2 heterocycles. The molecule has 0 aliphatic carbocycles. The Balaban J connectivity index is 1.63. The molecule has 0 bridgehead atoms. The lowest BCUT2D eigenvalue weighted by Gasteiger charge is -2.10. The Labute approximate surface area is 150 Å². The first-order valence-electron chi connectivity index (χ1n) is 8.47. The van der Waals surface area contributed by atoms with Crippen molar-refractivity contribution in [3.05, 3.63) is 71.0 Å². The van der Waals surface area contributed by atoms with Crippen LogP contribution in [0.2, 0.25) is 0 Å². The molecule has 3 aromatic rings. The van der Waals surface area contributed by atoms with Gasteiger partial charge < -0.3 is 4.90 Å². The van der Waals surface area contributed by atoms with E-state index < -0.39 is 0 Å². The van der Waals surface area contributed by atoms with Crippen molar-refractivity contribution in [2.24, 2.45) is 4.99 Å². The van der Waals surface area contributed by atoms with E-state index in [1.54, 1.807) is 0 Å². The third-order valence-corrected chi connectivity index (χ3v) is 5.17. The van der Waals surface area contributed by atoms with E-state index in [0.29, 0.717) is 4.80 Å². The Hall–Kier alpha value is -2.66. The quantitative estimate of drug-likeness (QED) is 0.679. The molecule has 0 N–H and O–H groups in total. The van der Waals surface area contributed by atoms with Crippen molar-refractivity contribution in [1.82, 2.24) is 9.47 Å². The molecule has 0 atom stereocenters. The molecule has 1 saturated heterocycles. The highest BCUT2D eigenvalue weighted by atomic mass is 32.1. The Kier molecular flexibility index (Phi) is 4.48. The van der Waals surface area contributed by atoms with Crippen LogP contribution in [0.25, 0.3) is 16.8 Å². The van der Waals surface area contributed by atoms with Gasteiger partial charge in [0.05, 0.1) is 0 Å². The second-order valence-corrected chi connectivity index (χ2v) is 6.93. The second-order valence-electron chi connectivity index (χ2n) is 6.06. The van der Waals surface area contributed by atoms with E-state index in [1.807, 2.05) is 39.2 Å². The number of carbonyl (C=O) groups is 1. The second kappa shape index (κ2) is 7.07. The largest absolute Gasteiger partial charge is 0.346 e. The van der Waals surface area contributed by atoms with Gasteiger partial charge in [0.1, 0.15) is 0 Å². The monoisotopic (exact) mass is 349 g/mol. The number of rotatable bonds is 2. The summed E-state index contributed by atoms with van der Waals surface area (Å²) in [6.07, 6.45) is 4.11. The predicted octanol–water partition coefficient (Wildman–Crippen LogP) is 4.32. The highest BCUT2D eigenvalue weighted by Gasteiger charge is 2.17. The van der Waals surface area contributed by atoms with E-state index in [4.69, 9.17) is 0 Å². The number of hydrogen-bond donors (Lipinski definition) is 0. The van der Waals surface area contributed by atoms with Crippen molar-refractivity contribution in [2.75, 3.05) is 13.1 Å². The van der Waals surface area contributed by atoms with Crippen molar-refractivity contribution in [3.8, 4) is 16.8 Å². The van der Waals surface area contributed by atoms with Gasteiger partial charge in [0, 0.05) is 30.4 Å². The van der Waals surface area contributed by atoms with Crippen LogP contribution in [0.15, 0.2) is 71.2 Å². The first-order valence-corrected chi connectivity index (χ1v) is 9.35. The lowest BCUT2D eigenvalue weighted by atomic mass is 10.1. The van der Waals surface area contributed by atoms with Crippen LogP contribution in [0.5, 0.6) is 0 Å². The number of nitrogens with zero attached hydrogens (tertiary/aromatic N) is 3. The van der Waals surface area contributed by atoms with Crippen LogP contribution in [-0.2, 0) is 0 Å². The highest BCUT2D eigenvalue weighted by molar-refractivity contribution is 7.07.